The molecule has 0 aliphatic rings. The van der Waals surface area contributed by atoms with Gasteiger partial charge in [-0.25, -0.2) is 0 Å². The Morgan fingerprint density at radius 2 is 2.10 bits per heavy atom. The Morgan fingerprint density at radius 1 is 1.24 bits per heavy atom. The summed E-state index contributed by atoms with van der Waals surface area (Å²) in [6.07, 6.45) is 1.18. The van der Waals surface area contributed by atoms with Crippen molar-refractivity contribution in [2.45, 2.75) is 32.9 Å². The summed E-state index contributed by atoms with van der Waals surface area (Å²) in [6.45, 7) is 6.43. The number of aromatic nitrogens is 4. The van der Waals surface area contributed by atoms with Crippen LogP contribution in [0.1, 0.15) is 30.3 Å². The molecule has 2 aromatic heterocycles. The van der Waals surface area contributed by atoms with E-state index >= 15 is 0 Å². The molecule has 6 heteroatoms. The zero-order chi connectivity index (χ0) is 14.8. The first-order valence-corrected chi connectivity index (χ1v) is 9.02. The second-order valence-corrected chi connectivity index (χ2v) is 7.15. The van der Waals surface area contributed by atoms with Crippen molar-refractivity contribution in [3.05, 3.63) is 35.2 Å². The van der Waals surface area contributed by atoms with Crippen molar-refractivity contribution in [1.82, 2.24) is 19.8 Å². The number of rotatable bonds is 5. The predicted molar refractivity (Wildman–Crippen MR) is 90.0 cm³/mol. The van der Waals surface area contributed by atoms with Crippen molar-refractivity contribution >= 4 is 28.1 Å². The highest BCUT2D eigenvalue weighted by atomic mass is 32.2. The average Bonchev–Trinajstić information content (AvgIpc) is 3.00. The van der Waals surface area contributed by atoms with Crippen molar-refractivity contribution in [1.29, 1.82) is 0 Å². The van der Waals surface area contributed by atoms with Crippen LogP contribution in [-0.2, 0) is 5.75 Å². The Labute approximate surface area is 132 Å². The molecule has 0 aliphatic carbocycles. The Hall–Kier alpha value is -1.40. The lowest BCUT2D eigenvalue weighted by Gasteiger charge is -2.02. The van der Waals surface area contributed by atoms with Gasteiger partial charge < -0.3 is 0 Å². The van der Waals surface area contributed by atoms with Gasteiger partial charge in [-0.05, 0) is 31.6 Å². The first kappa shape index (κ1) is 14.5. The molecule has 0 saturated heterocycles. The molecule has 0 spiro atoms. The molecule has 0 unspecified atom stereocenters. The molecule has 0 N–H and O–H groups in total. The topological polar surface area (TPSA) is 43.1 Å². The van der Waals surface area contributed by atoms with Crippen molar-refractivity contribution in [2.24, 2.45) is 0 Å². The van der Waals surface area contributed by atoms with E-state index in [2.05, 4.69) is 49.2 Å². The van der Waals surface area contributed by atoms with E-state index in [0.717, 1.165) is 27.3 Å². The van der Waals surface area contributed by atoms with Crippen LogP contribution in [0.3, 0.4) is 0 Å². The lowest BCUT2D eigenvalue weighted by molar-refractivity contribution is 0.886. The Morgan fingerprint density at radius 3 is 2.86 bits per heavy atom. The van der Waals surface area contributed by atoms with Crippen LogP contribution in [0.4, 0.5) is 0 Å². The number of nitrogens with zero attached hydrogens (tertiary/aromatic N) is 4. The molecule has 3 rings (SSSR count). The summed E-state index contributed by atoms with van der Waals surface area (Å²) in [5, 5.41) is 14.2. The van der Waals surface area contributed by atoms with Gasteiger partial charge in [0.1, 0.15) is 5.01 Å². The fraction of sp³-hybridized carbons (Fsp3) is 0.400. The van der Waals surface area contributed by atoms with Crippen LogP contribution >= 0.6 is 23.1 Å². The lowest BCUT2D eigenvalue weighted by atomic mass is 10.1. The molecule has 0 bridgehead atoms. The molecule has 0 atom stereocenters. The summed E-state index contributed by atoms with van der Waals surface area (Å²) in [4.78, 5) is 0.872. The molecule has 2 heterocycles. The number of hydrogen-bond donors (Lipinski definition) is 0. The summed E-state index contributed by atoms with van der Waals surface area (Å²) in [5.74, 6) is 2.95. The van der Waals surface area contributed by atoms with Gasteiger partial charge in [0, 0.05) is 5.56 Å². The minimum absolute atomic E-state index is 0.866. The molecule has 0 saturated carbocycles. The van der Waals surface area contributed by atoms with Gasteiger partial charge in [-0.2, -0.15) is 21.4 Å². The molecule has 0 radical (unpaired) electrons. The van der Waals surface area contributed by atoms with E-state index in [0.29, 0.717) is 0 Å². The van der Waals surface area contributed by atoms with Gasteiger partial charge in [0.15, 0.2) is 5.82 Å². The van der Waals surface area contributed by atoms with Crippen molar-refractivity contribution < 1.29 is 0 Å². The fourth-order valence-corrected chi connectivity index (χ4v) is 3.96. The smallest absolute Gasteiger partial charge is 0.186 e. The molecule has 1 aromatic carbocycles. The maximum Gasteiger partial charge on any atom is 0.235 e. The number of benzene rings is 1. The van der Waals surface area contributed by atoms with E-state index in [4.69, 9.17) is 5.10 Å². The Bertz CT molecular complexity index is 760. The summed E-state index contributed by atoms with van der Waals surface area (Å²) >= 11 is 3.48. The molecule has 4 nitrogen and oxygen atoms in total. The summed E-state index contributed by atoms with van der Waals surface area (Å²) in [6, 6.07) is 6.46. The highest BCUT2D eigenvalue weighted by molar-refractivity contribution is 7.98. The van der Waals surface area contributed by atoms with Gasteiger partial charge in [0.25, 0.3) is 0 Å². The van der Waals surface area contributed by atoms with Crippen LogP contribution in [0.2, 0.25) is 0 Å². The van der Waals surface area contributed by atoms with Crippen LogP contribution in [0.25, 0.3) is 15.5 Å². The minimum atomic E-state index is 0.866. The second kappa shape index (κ2) is 6.15. The molecular weight excluding hydrogens is 300 g/mol. The van der Waals surface area contributed by atoms with E-state index in [-0.39, 0.29) is 0 Å². The van der Waals surface area contributed by atoms with Gasteiger partial charge in [0.2, 0.25) is 4.96 Å². The highest BCUT2D eigenvalue weighted by Gasteiger charge is 2.14. The van der Waals surface area contributed by atoms with Gasteiger partial charge >= 0.3 is 0 Å². The molecule has 3 aromatic rings. The zero-order valence-corrected chi connectivity index (χ0v) is 14.1. The van der Waals surface area contributed by atoms with Crippen LogP contribution < -0.4 is 0 Å². The molecular formula is C15H18N4S2. The SMILES string of the molecule is CCCSCc1nnc2sc(-c3ccc(C)cc3C)nn12. The number of fused-ring (bicyclic) bond motifs is 1. The third kappa shape index (κ3) is 2.96. The van der Waals surface area contributed by atoms with Gasteiger partial charge in [0.05, 0.1) is 5.75 Å². The molecule has 0 fully saturated rings. The number of aryl methyl sites for hydroxylation is 2. The summed E-state index contributed by atoms with van der Waals surface area (Å²) in [5.41, 5.74) is 3.71. The quantitative estimate of drug-likeness (QED) is 0.664. The maximum atomic E-state index is 4.71. The molecule has 0 amide bonds. The van der Waals surface area contributed by atoms with Crippen molar-refractivity contribution in [2.75, 3.05) is 5.75 Å². The fourth-order valence-electron chi connectivity index (χ4n) is 2.22. The van der Waals surface area contributed by atoms with Gasteiger partial charge in [-0.15, -0.1) is 10.2 Å². The van der Waals surface area contributed by atoms with Crippen LogP contribution in [0, 0.1) is 13.8 Å². The van der Waals surface area contributed by atoms with E-state index in [1.807, 2.05) is 16.3 Å². The van der Waals surface area contributed by atoms with Crippen LogP contribution in [0.15, 0.2) is 18.2 Å². The maximum absolute atomic E-state index is 4.71. The van der Waals surface area contributed by atoms with Crippen LogP contribution in [0.5, 0.6) is 0 Å². The summed E-state index contributed by atoms with van der Waals surface area (Å²) in [7, 11) is 0. The second-order valence-electron chi connectivity index (χ2n) is 5.09. The molecule has 110 valence electrons. The summed E-state index contributed by atoms with van der Waals surface area (Å²) < 4.78 is 1.89. The largest absolute Gasteiger partial charge is 0.235 e. The van der Waals surface area contributed by atoms with E-state index < -0.39 is 0 Å². The van der Waals surface area contributed by atoms with Gasteiger partial charge in [-0.3, -0.25) is 0 Å². The Balaban J connectivity index is 1.94. The first-order chi connectivity index (χ1) is 10.2. The molecule has 0 aliphatic heterocycles. The normalized spacial score (nSPS) is 11.4. The molecule has 21 heavy (non-hydrogen) atoms. The highest BCUT2D eigenvalue weighted by Crippen LogP contribution is 2.29. The average molecular weight is 318 g/mol. The predicted octanol–water partition coefficient (Wildman–Crippen LogP) is 4.11. The van der Waals surface area contributed by atoms with Crippen molar-refractivity contribution in [3.63, 3.8) is 0 Å². The van der Waals surface area contributed by atoms with E-state index in [1.165, 1.54) is 23.1 Å². The Kier molecular flexibility index (Phi) is 4.26. The standard InChI is InChI=1S/C15H18N4S2/c1-4-7-20-9-13-16-17-15-19(13)18-14(21-15)12-6-5-10(2)8-11(12)3/h5-6,8H,4,7,9H2,1-3H3. The third-order valence-electron chi connectivity index (χ3n) is 3.25. The van der Waals surface area contributed by atoms with E-state index in [1.54, 1.807) is 11.3 Å². The number of thioether (sulfide) groups is 1. The minimum Gasteiger partial charge on any atom is -0.186 e. The monoisotopic (exact) mass is 318 g/mol. The van der Waals surface area contributed by atoms with Crippen LogP contribution in [-0.4, -0.2) is 25.6 Å². The van der Waals surface area contributed by atoms with Crippen molar-refractivity contribution in [3.8, 4) is 10.6 Å². The first-order valence-electron chi connectivity index (χ1n) is 7.05. The zero-order valence-electron chi connectivity index (χ0n) is 12.5. The van der Waals surface area contributed by atoms with E-state index in [9.17, 15) is 0 Å². The third-order valence-corrected chi connectivity index (χ3v) is 5.34. The lowest BCUT2D eigenvalue weighted by Crippen LogP contribution is -1.95. The number of hydrogen-bond acceptors (Lipinski definition) is 5. The van der Waals surface area contributed by atoms with Gasteiger partial charge in [-0.1, -0.05) is 42.0 Å².